The first-order valence-corrected chi connectivity index (χ1v) is 6.29. The van der Waals surface area contributed by atoms with Gasteiger partial charge in [0.25, 0.3) is 0 Å². The average molecular weight is 232 g/mol. The van der Waals surface area contributed by atoms with Crippen LogP contribution in [0.4, 0.5) is 5.69 Å². The molecule has 1 atom stereocenters. The summed E-state index contributed by atoms with van der Waals surface area (Å²) < 4.78 is 0. The van der Waals surface area contributed by atoms with Gasteiger partial charge in [0.2, 0.25) is 0 Å². The van der Waals surface area contributed by atoms with Gasteiger partial charge in [0.1, 0.15) is 0 Å². The number of ketones is 1. The van der Waals surface area contributed by atoms with Crippen molar-refractivity contribution >= 4 is 11.5 Å². The molecule has 0 radical (unpaired) electrons. The van der Waals surface area contributed by atoms with Crippen LogP contribution >= 0.6 is 0 Å². The second kappa shape index (κ2) is 5.32. The average Bonchev–Trinajstić information content (AvgIpc) is 2.38. The summed E-state index contributed by atoms with van der Waals surface area (Å²) in [5, 5.41) is 0. The van der Waals surface area contributed by atoms with Gasteiger partial charge >= 0.3 is 0 Å². The summed E-state index contributed by atoms with van der Waals surface area (Å²) >= 11 is 0. The van der Waals surface area contributed by atoms with Gasteiger partial charge < -0.3 is 10.6 Å². The second-order valence-corrected chi connectivity index (χ2v) is 4.87. The first-order chi connectivity index (χ1) is 8.20. The van der Waals surface area contributed by atoms with Gasteiger partial charge in [-0.05, 0) is 43.0 Å². The summed E-state index contributed by atoms with van der Waals surface area (Å²) in [4.78, 5) is 13.8. The monoisotopic (exact) mass is 232 g/mol. The fourth-order valence-electron chi connectivity index (χ4n) is 2.40. The van der Waals surface area contributed by atoms with E-state index in [4.69, 9.17) is 5.73 Å². The minimum Gasteiger partial charge on any atom is -0.371 e. The lowest BCUT2D eigenvalue weighted by Crippen LogP contribution is -2.34. The highest BCUT2D eigenvalue weighted by atomic mass is 16.1. The van der Waals surface area contributed by atoms with Crippen molar-refractivity contribution in [3.05, 3.63) is 29.8 Å². The van der Waals surface area contributed by atoms with Crippen molar-refractivity contribution in [2.75, 3.05) is 24.5 Å². The minimum atomic E-state index is 0.00330. The molecule has 0 saturated carbocycles. The maximum Gasteiger partial charge on any atom is 0.176 e. The van der Waals surface area contributed by atoms with Crippen LogP contribution < -0.4 is 10.6 Å². The van der Waals surface area contributed by atoms with Crippen LogP contribution in [0.2, 0.25) is 0 Å². The molecule has 2 N–H and O–H groups in total. The van der Waals surface area contributed by atoms with E-state index in [2.05, 4.69) is 11.8 Å². The Labute approximate surface area is 103 Å². The molecule has 1 saturated heterocycles. The molecule has 1 aromatic rings. The second-order valence-electron chi connectivity index (χ2n) is 4.87. The molecule has 1 aliphatic heterocycles. The lowest BCUT2D eigenvalue weighted by atomic mass is 9.99. The van der Waals surface area contributed by atoms with Crippen LogP contribution in [0, 0.1) is 5.92 Å². The van der Waals surface area contributed by atoms with E-state index >= 15 is 0 Å². The van der Waals surface area contributed by atoms with Crippen LogP contribution in [-0.2, 0) is 0 Å². The highest BCUT2D eigenvalue weighted by Crippen LogP contribution is 2.23. The number of hydrogen-bond acceptors (Lipinski definition) is 3. The fourth-order valence-corrected chi connectivity index (χ4v) is 2.40. The van der Waals surface area contributed by atoms with Crippen molar-refractivity contribution in [2.45, 2.75) is 19.8 Å². The molecule has 1 aromatic carbocycles. The third kappa shape index (κ3) is 2.86. The number of Topliss-reactive ketones (excluding diaryl/α,β-unsaturated/α-hetero) is 1. The molecule has 3 heteroatoms. The highest BCUT2D eigenvalue weighted by Gasteiger charge is 2.16. The Kier molecular flexibility index (Phi) is 3.79. The van der Waals surface area contributed by atoms with Gasteiger partial charge in [0, 0.05) is 24.3 Å². The number of hydrogen-bond donors (Lipinski definition) is 1. The Morgan fingerprint density at radius 2 is 2.12 bits per heavy atom. The molecule has 0 bridgehead atoms. The van der Waals surface area contributed by atoms with Crippen LogP contribution in [0.5, 0.6) is 0 Å². The van der Waals surface area contributed by atoms with E-state index < -0.39 is 0 Å². The molecule has 1 aliphatic rings. The van der Waals surface area contributed by atoms with Gasteiger partial charge in [-0.2, -0.15) is 0 Å². The number of carbonyl (C=O) groups excluding carboxylic acids is 1. The standard InChI is InChI=1S/C14H20N2O/c1-11-3-2-8-16(10-11)13-6-4-12(5-7-13)14(17)9-15/h4-7,11H,2-3,8-10,15H2,1H3. The largest absolute Gasteiger partial charge is 0.371 e. The summed E-state index contributed by atoms with van der Waals surface area (Å²) in [7, 11) is 0. The molecular formula is C14H20N2O. The third-order valence-electron chi connectivity index (χ3n) is 3.40. The van der Waals surface area contributed by atoms with E-state index in [-0.39, 0.29) is 12.3 Å². The lowest BCUT2D eigenvalue weighted by Gasteiger charge is -2.32. The molecule has 1 heterocycles. The molecule has 0 aliphatic carbocycles. The first kappa shape index (κ1) is 12.1. The number of nitrogens with two attached hydrogens (primary N) is 1. The molecule has 1 unspecified atom stereocenters. The van der Waals surface area contributed by atoms with Crippen LogP contribution in [0.1, 0.15) is 30.1 Å². The first-order valence-electron chi connectivity index (χ1n) is 6.29. The Bertz CT molecular complexity index is 386. The molecular weight excluding hydrogens is 212 g/mol. The van der Waals surface area contributed by atoms with Crippen molar-refractivity contribution in [2.24, 2.45) is 11.7 Å². The molecule has 0 spiro atoms. The number of rotatable bonds is 3. The van der Waals surface area contributed by atoms with Crippen LogP contribution in [0.3, 0.4) is 0 Å². The van der Waals surface area contributed by atoms with Crippen molar-refractivity contribution in [3.8, 4) is 0 Å². The zero-order chi connectivity index (χ0) is 12.3. The van der Waals surface area contributed by atoms with Gasteiger partial charge in [0.15, 0.2) is 5.78 Å². The Morgan fingerprint density at radius 3 is 2.71 bits per heavy atom. The van der Waals surface area contributed by atoms with Crippen LogP contribution in [0.25, 0.3) is 0 Å². The summed E-state index contributed by atoms with van der Waals surface area (Å²) in [6, 6.07) is 7.81. The van der Waals surface area contributed by atoms with Gasteiger partial charge in [0.05, 0.1) is 6.54 Å². The van der Waals surface area contributed by atoms with E-state index in [1.54, 1.807) is 0 Å². The quantitative estimate of drug-likeness (QED) is 0.811. The highest BCUT2D eigenvalue weighted by molar-refractivity contribution is 5.97. The molecule has 92 valence electrons. The third-order valence-corrected chi connectivity index (χ3v) is 3.40. The summed E-state index contributed by atoms with van der Waals surface area (Å²) in [5.74, 6) is 0.762. The predicted molar refractivity (Wildman–Crippen MR) is 70.4 cm³/mol. The Morgan fingerprint density at radius 1 is 1.41 bits per heavy atom. The molecule has 0 amide bonds. The number of nitrogens with zero attached hydrogens (tertiary/aromatic N) is 1. The maximum atomic E-state index is 11.4. The fraction of sp³-hybridized carbons (Fsp3) is 0.500. The molecule has 1 fully saturated rings. The number of benzene rings is 1. The van der Waals surface area contributed by atoms with Gasteiger partial charge in [-0.15, -0.1) is 0 Å². The summed E-state index contributed by atoms with van der Waals surface area (Å²) in [6.45, 7) is 4.61. The molecule has 2 rings (SSSR count). The van der Waals surface area contributed by atoms with Crippen molar-refractivity contribution < 1.29 is 4.79 Å². The molecule has 0 aromatic heterocycles. The normalized spacial score (nSPS) is 20.4. The number of anilines is 1. The lowest BCUT2D eigenvalue weighted by molar-refractivity contribution is 0.100. The SMILES string of the molecule is CC1CCCN(c2ccc(C(=O)CN)cc2)C1. The number of carbonyl (C=O) groups is 1. The van der Waals surface area contributed by atoms with E-state index in [1.165, 1.54) is 18.5 Å². The maximum absolute atomic E-state index is 11.4. The smallest absolute Gasteiger partial charge is 0.176 e. The zero-order valence-corrected chi connectivity index (χ0v) is 10.4. The van der Waals surface area contributed by atoms with E-state index in [0.717, 1.165) is 19.0 Å². The van der Waals surface area contributed by atoms with Crippen LogP contribution in [-0.4, -0.2) is 25.4 Å². The summed E-state index contributed by atoms with van der Waals surface area (Å²) in [6.07, 6.45) is 2.57. The zero-order valence-electron chi connectivity index (χ0n) is 10.4. The minimum absolute atomic E-state index is 0.00330. The van der Waals surface area contributed by atoms with E-state index in [1.807, 2.05) is 24.3 Å². The number of piperidine rings is 1. The van der Waals surface area contributed by atoms with Crippen molar-refractivity contribution in [1.29, 1.82) is 0 Å². The predicted octanol–water partition coefficient (Wildman–Crippen LogP) is 2.06. The summed E-state index contributed by atoms with van der Waals surface area (Å²) in [5.41, 5.74) is 7.27. The van der Waals surface area contributed by atoms with Crippen LogP contribution in [0.15, 0.2) is 24.3 Å². The Balaban J connectivity index is 2.09. The van der Waals surface area contributed by atoms with E-state index in [9.17, 15) is 4.79 Å². The molecule has 17 heavy (non-hydrogen) atoms. The van der Waals surface area contributed by atoms with E-state index in [0.29, 0.717) is 5.56 Å². The topological polar surface area (TPSA) is 46.3 Å². The van der Waals surface area contributed by atoms with Crippen molar-refractivity contribution in [1.82, 2.24) is 0 Å². The Hall–Kier alpha value is -1.35. The van der Waals surface area contributed by atoms with Gasteiger partial charge in [-0.1, -0.05) is 6.92 Å². The molecule has 3 nitrogen and oxygen atoms in total. The van der Waals surface area contributed by atoms with Gasteiger partial charge in [-0.3, -0.25) is 4.79 Å². The van der Waals surface area contributed by atoms with Gasteiger partial charge in [-0.25, -0.2) is 0 Å². The van der Waals surface area contributed by atoms with Crippen molar-refractivity contribution in [3.63, 3.8) is 0 Å².